The van der Waals surface area contributed by atoms with Crippen LogP contribution in [-0.2, 0) is 9.59 Å². The van der Waals surface area contributed by atoms with Crippen molar-refractivity contribution in [2.75, 3.05) is 35.2 Å². The molecule has 8 aromatic rings. The summed E-state index contributed by atoms with van der Waals surface area (Å²) in [7, 11) is 0. The number of nitrogen functional groups attached to an aromatic ring is 2. The number of carbonyl (C=O) groups excluding carboxylic acids is 2. The first-order valence-electron chi connectivity index (χ1n) is 28.0. The lowest BCUT2D eigenvalue weighted by atomic mass is 9.31. The lowest BCUT2D eigenvalue weighted by Crippen LogP contribution is -3.00. The van der Waals surface area contributed by atoms with E-state index in [4.69, 9.17) is 32.9 Å². The van der Waals surface area contributed by atoms with Crippen molar-refractivity contribution < 1.29 is 43.5 Å². The van der Waals surface area contributed by atoms with Crippen LogP contribution in [-0.4, -0.2) is 34.9 Å². The Morgan fingerprint density at radius 2 is 0.846 bits per heavy atom. The second-order valence-corrected chi connectivity index (χ2v) is 23.2. The fourth-order valence-electron chi connectivity index (χ4n) is 15.0. The van der Waals surface area contributed by atoms with E-state index in [-0.39, 0.29) is 36.6 Å². The fraction of sp³-hybridized carbons (Fsp3) is 0.406. The highest BCUT2D eigenvalue weighted by Gasteiger charge is 2.74. The summed E-state index contributed by atoms with van der Waals surface area (Å²) in [5.74, 6) is 0.242. The molecule has 4 fully saturated rings. The van der Waals surface area contributed by atoms with Gasteiger partial charge in [0.15, 0.2) is 0 Å². The van der Waals surface area contributed by atoms with E-state index in [1.807, 2.05) is 38.1 Å². The van der Waals surface area contributed by atoms with Crippen LogP contribution in [0.2, 0.25) is 0 Å². The SMILES string of the molecule is Cc1cc2nc3cc(C)c(NCCCCCCC4(CCCCCCNc5cc6c(cc5C)nc5cc(C)c(N)cc5[n+]6-c5ccccc5)C5(C(N)=O)CC6CC(C5)CC4(C(N)=O)C6)cc3[n+](-c3ccccc3)c2cc1N.[Cl-].[Cl-]. The molecular formula is C64H76Cl2N10O2. The van der Waals surface area contributed by atoms with Gasteiger partial charge in [-0.3, -0.25) is 9.59 Å². The van der Waals surface area contributed by atoms with Gasteiger partial charge in [0.05, 0.1) is 10.8 Å². The van der Waals surface area contributed by atoms with E-state index in [1.165, 1.54) is 0 Å². The van der Waals surface area contributed by atoms with E-state index in [1.54, 1.807) is 0 Å². The second kappa shape index (κ2) is 22.5. The van der Waals surface area contributed by atoms with E-state index in [9.17, 15) is 9.59 Å². The molecular weight excluding hydrogens is 1010 g/mol. The fourth-order valence-corrected chi connectivity index (χ4v) is 15.0. The number of aromatic nitrogens is 4. The maximum Gasteiger partial charge on any atom is 0.239 e. The van der Waals surface area contributed by atoms with E-state index in [0.717, 1.165) is 210 Å². The molecule has 2 aromatic heterocycles. The number of para-hydroxylation sites is 2. The summed E-state index contributed by atoms with van der Waals surface area (Å²) >= 11 is 0. The van der Waals surface area contributed by atoms with Gasteiger partial charge < -0.3 is 58.4 Å². The van der Waals surface area contributed by atoms with Gasteiger partial charge in [-0.2, -0.15) is 0 Å². The van der Waals surface area contributed by atoms with Gasteiger partial charge in [0.1, 0.15) is 22.1 Å². The molecule has 0 atom stereocenters. The van der Waals surface area contributed by atoms with Crippen LogP contribution in [0.1, 0.15) is 119 Å². The number of nitrogens with one attached hydrogen (secondary N) is 2. The van der Waals surface area contributed by atoms with Crippen molar-refractivity contribution in [3.8, 4) is 11.4 Å². The maximum atomic E-state index is 14.1. The third-order valence-electron chi connectivity index (χ3n) is 18.5. The van der Waals surface area contributed by atoms with E-state index >= 15 is 0 Å². The molecule has 12 rings (SSSR count). The highest BCUT2D eigenvalue weighted by atomic mass is 35.5. The number of carbonyl (C=O) groups is 2. The summed E-state index contributed by atoms with van der Waals surface area (Å²) in [6.45, 7) is 9.98. The third kappa shape index (κ3) is 9.82. The van der Waals surface area contributed by atoms with Gasteiger partial charge in [-0.1, -0.05) is 74.9 Å². The zero-order valence-electron chi connectivity index (χ0n) is 45.7. The Bertz CT molecular complexity index is 3310. The number of rotatable bonds is 20. The van der Waals surface area contributed by atoms with Crippen LogP contribution in [0.5, 0.6) is 0 Å². The summed E-state index contributed by atoms with van der Waals surface area (Å²) in [5, 5.41) is 7.54. The third-order valence-corrected chi connectivity index (χ3v) is 18.5. The molecule has 0 saturated heterocycles. The largest absolute Gasteiger partial charge is 1.00 e. The molecule has 408 valence electrons. The number of halogens is 2. The quantitative estimate of drug-likeness (QED) is 0.0245. The van der Waals surface area contributed by atoms with Gasteiger partial charge in [-0.25, -0.2) is 9.97 Å². The topological polar surface area (TPSA) is 196 Å². The minimum absolute atomic E-state index is 0. The molecule has 4 aliphatic rings. The number of nitrogens with zero attached hydrogens (tertiary/aromatic N) is 4. The first kappa shape index (κ1) is 56.0. The summed E-state index contributed by atoms with van der Waals surface area (Å²) < 4.78 is 4.53. The number of unbranched alkanes of at least 4 members (excludes halogenated alkanes) is 6. The Hall–Kier alpha value is -6.76. The van der Waals surface area contributed by atoms with Crippen LogP contribution in [0, 0.1) is 55.8 Å². The van der Waals surface area contributed by atoms with Crippen LogP contribution in [0.4, 0.5) is 22.7 Å². The molecule has 0 aliphatic heterocycles. The average molecular weight is 1090 g/mol. The molecule has 0 spiro atoms. The number of hydrogen-bond donors (Lipinski definition) is 6. The predicted molar refractivity (Wildman–Crippen MR) is 308 cm³/mol. The zero-order chi connectivity index (χ0) is 52.9. The Morgan fingerprint density at radius 1 is 0.500 bits per heavy atom. The first-order valence-corrected chi connectivity index (χ1v) is 28.0. The molecule has 10 N–H and O–H groups in total. The van der Waals surface area contributed by atoms with Gasteiger partial charge in [0.25, 0.3) is 0 Å². The standard InChI is InChI=1S/C64H74N10O2.2ClH/c1-40-27-52-56(32-48(40)65)73(46-19-11-9-12-20-46)58-34-50(42(3)29-54(58)71-52)69-25-17-7-5-15-23-64(62(60(67)75)36-44-31-45(38-62)39-63(64,37-44)61(68)76)24-16-6-8-18-26-70-51-35-59-55(30-43(51)4)72-53-28-41(2)49(66)33-57(53)74(59)47-21-13-10-14-22-47;;/h9-14,19-22,27-30,32-35,44-45H,5-8,15-18,23-26,31,36-39H2,1-4H3,(H8,65,66,67,68,69,70,75,76);2*1H. The van der Waals surface area contributed by atoms with Crippen molar-refractivity contribution in [3.63, 3.8) is 0 Å². The van der Waals surface area contributed by atoms with Gasteiger partial charge in [0, 0.05) is 84.4 Å². The van der Waals surface area contributed by atoms with Crippen LogP contribution < -0.4 is 67.5 Å². The van der Waals surface area contributed by atoms with E-state index in [0.29, 0.717) is 11.8 Å². The molecule has 12 nitrogen and oxygen atoms in total. The monoisotopic (exact) mass is 1090 g/mol. The summed E-state index contributed by atoms with van der Waals surface area (Å²) in [6.07, 6.45) is 13.8. The van der Waals surface area contributed by atoms with Gasteiger partial charge in [-0.15, -0.1) is 9.13 Å². The Morgan fingerprint density at radius 3 is 1.22 bits per heavy atom. The van der Waals surface area contributed by atoms with Crippen molar-refractivity contribution in [3.05, 3.63) is 131 Å². The van der Waals surface area contributed by atoms with E-state index in [2.05, 4.69) is 119 Å². The van der Waals surface area contributed by atoms with Crippen LogP contribution in [0.25, 0.3) is 55.5 Å². The number of benzene rings is 6. The molecule has 14 heteroatoms. The normalized spacial score (nSPS) is 19.9. The van der Waals surface area contributed by atoms with Gasteiger partial charge in [-0.05, 0) is 149 Å². The van der Waals surface area contributed by atoms with Crippen LogP contribution >= 0.6 is 0 Å². The Balaban J connectivity index is 0.00000370. The smallest absolute Gasteiger partial charge is 0.239 e. The lowest BCUT2D eigenvalue weighted by Gasteiger charge is -2.71. The molecule has 0 unspecified atom stereocenters. The molecule has 0 radical (unpaired) electrons. The molecule has 6 aromatic carbocycles. The second-order valence-electron chi connectivity index (χ2n) is 23.2. The molecule has 2 amide bonds. The van der Waals surface area contributed by atoms with Crippen molar-refractivity contribution in [2.45, 2.75) is 124 Å². The minimum atomic E-state index is -0.695. The number of primary amides is 2. The number of amides is 2. The highest BCUT2D eigenvalue weighted by molar-refractivity contribution is 5.90. The molecule has 4 saturated carbocycles. The van der Waals surface area contributed by atoms with Crippen molar-refractivity contribution in [1.29, 1.82) is 0 Å². The van der Waals surface area contributed by atoms with Crippen molar-refractivity contribution in [1.82, 2.24) is 9.97 Å². The number of aryl methyl sites for hydroxylation is 4. The lowest BCUT2D eigenvalue weighted by molar-refractivity contribution is -0.538. The molecule has 2 heterocycles. The highest BCUT2D eigenvalue weighted by Crippen LogP contribution is 2.76. The molecule has 4 aliphatic carbocycles. The van der Waals surface area contributed by atoms with Crippen LogP contribution in [0.3, 0.4) is 0 Å². The Kier molecular flexibility index (Phi) is 16.2. The molecule has 78 heavy (non-hydrogen) atoms. The number of hydrogen-bond acceptors (Lipinski definition) is 8. The summed E-state index contributed by atoms with van der Waals surface area (Å²) in [4.78, 5) is 38.4. The summed E-state index contributed by atoms with van der Waals surface area (Å²) in [6, 6.07) is 37.8. The minimum Gasteiger partial charge on any atom is -1.00 e. The van der Waals surface area contributed by atoms with Crippen LogP contribution in [0.15, 0.2) is 109 Å². The molecule has 4 bridgehead atoms. The van der Waals surface area contributed by atoms with Gasteiger partial charge >= 0.3 is 0 Å². The maximum absolute atomic E-state index is 14.1. The zero-order valence-corrected chi connectivity index (χ0v) is 47.3. The number of nitrogens with two attached hydrogens (primary N) is 4. The Labute approximate surface area is 471 Å². The van der Waals surface area contributed by atoms with Gasteiger partial charge in [0.2, 0.25) is 45.3 Å². The average Bonchev–Trinajstić information content (AvgIpc) is 3.29. The number of fused-ring (bicyclic) bond motifs is 4. The number of anilines is 4. The predicted octanol–water partition coefficient (Wildman–Crippen LogP) is 5.63. The van der Waals surface area contributed by atoms with Crippen molar-refractivity contribution >= 4 is 78.7 Å². The summed E-state index contributed by atoms with van der Waals surface area (Å²) in [5.41, 5.74) is 41.9. The first-order chi connectivity index (χ1) is 36.7. The van der Waals surface area contributed by atoms with Crippen molar-refractivity contribution in [2.24, 2.45) is 39.5 Å². The van der Waals surface area contributed by atoms with E-state index < -0.39 is 16.2 Å².